The Morgan fingerprint density at radius 1 is 0.963 bits per heavy atom. The molecule has 2 aliphatic heterocycles. The van der Waals surface area contributed by atoms with Gasteiger partial charge in [-0.2, -0.15) is 0 Å². The first-order valence-electron chi connectivity index (χ1n) is 9.12. The van der Waals surface area contributed by atoms with Crippen LogP contribution in [0.1, 0.15) is 20.3 Å². The van der Waals surface area contributed by atoms with Crippen LogP contribution in [0.4, 0.5) is 15.8 Å². The van der Waals surface area contributed by atoms with Crippen molar-refractivity contribution in [2.24, 2.45) is 11.8 Å². The number of nitrogens with zero attached hydrogens (tertiary/aromatic N) is 2. The normalized spacial score (nSPS) is 24.8. The number of hydrogen-bond acceptors (Lipinski definition) is 4. The number of carbonyl (C=O) groups is 2. The molecule has 27 heavy (non-hydrogen) atoms. The molecule has 2 aromatic carbocycles. The van der Waals surface area contributed by atoms with Gasteiger partial charge in [0.2, 0.25) is 5.91 Å². The van der Waals surface area contributed by atoms with Crippen LogP contribution in [-0.4, -0.2) is 24.0 Å². The van der Waals surface area contributed by atoms with E-state index in [0.717, 1.165) is 10.6 Å². The molecular formula is C21H21FN2O3. The van der Waals surface area contributed by atoms with Crippen LogP contribution >= 0.6 is 0 Å². The second kappa shape index (κ2) is 6.78. The van der Waals surface area contributed by atoms with Gasteiger partial charge in [-0.05, 0) is 48.7 Å². The maximum atomic E-state index is 13.2. The fraction of sp³-hybridized carbons (Fsp3) is 0.333. The van der Waals surface area contributed by atoms with Crippen molar-refractivity contribution in [1.82, 2.24) is 0 Å². The van der Waals surface area contributed by atoms with Crippen LogP contribution < -0.4 is 9.96 Å². The number of carbonyl (C=O) groups excluding carboxylic acids is 2. The Morgan fingerprint density at radius 2 is 1.63 bits per heavy atom. The predicted molar refractivity (Wildman–Crippen MR) is 99.4 cm³/mol. The molecule has 0 radical (unpaired) electrons. The molecule has 0 N–H and O–H groups in total. The van der Waals surface area contributed by atoms with Crippen molar-refractivity contribution in [2.75, 3.05) is 9.96 Å². The van der Waals surface area contributed by atoms with Crippen LogP contribution in [0.15, 0.2) is 54.6 Å². The summed E-state index contributed by atoms with van der Waals surface area (Å²) in [6.45, 7) is 4.16. The summed E-state index contributed by atoms with van der Waals surface area (Å²) in [6.07, 6.45) is -0.140. The lowest BCUT2D eigenvalue weighted by molar-refractivity contribution is -0.126. The molecule has 0 aliphatic carbocycles. The minimum absolute atomic E-state index is 0.237. The molecule has 0 bridgehead atoms. The molecule has 0 unspecified atom stereocenters. The topological polar surface area (TPSA) is 49.9 Å². The monoisotopic (exact) mass is 368 g/mol. The van der Waals surface area contributed by atoms with Gasteiger partial charge in [-0.25, -0.2) is 14.4 Å². The SMILES string of the molecule is CC(C)C[C@H]1[C@@H]2C(=O)N(c3ccc(F)cc3)C(=O)[C@H]2ON1c1ccccc1. The van der Waals surface area contributed by atoms with Crippen LogP contribution in [0.3, 0.4) is 0 Å². The third kappa shape index (κ3) is 3.00. The number of imide groups is 1. The highest BCUT2D eigenvalue weighted by molar-refractivity contribution is 6.23. The highest BCUT2D eigenvalue weighted by Gasteiger charge is 2.59. The Morgan fingerprint density at radius 3 is 2.26 bits per heavy atom. The lowest BCUT2D eigenvalue weighted by atomic mass is 9.90. The fourth-order valence-electron chi connectivity index (χ4n) is 3.89. The van der Waals surface area contributed by atoms with Gasteiger partial charge in [0.05, 0.1) is 23.3 Å². The fourth-order valence-corrected chi connectivity index (χ4v) is 3.89. The van der Waals surface area contributed by atoms with Gasteiger partial charge >= 0.3 is 0 Å². The predicted octanol–water partition coefficient (Wildman–Crippen LogP) is 3.55. The molecule has 5 nitrogen and oxygen atoms in total. The van der Waals surface area contributed by atoms with Gasteiger partial charge in [-0.1, -0.05) is 32.0 Å². The highest BCUT2D eigenvalue weighted by Crippen LogP contribution is 2.42. The van der Waals surface area contributed by atoms with Crippen molar-refractivity contribution in [3.63, 3.8) is 0 Å². The minimum atomic E-state index is -0.855. The number of fused-ring (bicyclic) bond motifs is 1. The Labute approximate surface area is 157 Å². The quantitative estimate of drug-likeness (QED) is 0.775. The zero-order valence-electron chi connectivity index (χ0n) is 15.2. The Hall–Kier alpha value is -2.73. The highest BCUT2D eigenvalue weighted by atomic mass is 19.1. The third-order valence-electron chi connectivity index (χ3n) is 5.05. The number of rotatable bonds is 4. The zero-order valence-corrected chi connectivity index (χ0v) is 15.2. The van der Waals surface area contributed by atoms with Gasteiger partial charge in [0, 0.05) is 0 Å². The summed E-state index contributed by atoms with van der Waals surface area (Å²) in [5.41, 5.74) is 1.20. The number of halogens is 1. The summed E-state index contributed by atoms with van der Waals surface area (Å²) >= 11 is 0. The smallest absolute Gasteiger partial charge is 0.266 e. The van der Waals surface area contributed by atoms with Gasteiger partial charge < -0.3 is 0 Å². The van der Waals surface area contributed by atoms with Gasteiger partial charge in [-0.3, -0.25) is 14.4 Å². The number of hydroxylamine groups is 1. The van der Waals surface area contributed by atoms with Crippen LogP contribution in [0.25, 0.3) is 0 Å². The summed E-state index contributed by atoms with van der Waals surface area (Å²) in [5.74, 6) is -1.36. The second-order valence-electron chi connectivity index (χ2n) is 7.40. The van der Waals surface area contributed by atoms with Crippen molar-refractivity contribution in [1.29, 1.82) is 0 Å². The summed E-state index contributed by atoms with van der Waals surface area (Å²) in [7, 11) is 0. The van der Waals surface area contributed by atoms with Crippen molar-refractivity contribution in [3.05, 3.63) is 60.4 Å². The number of para-hydroxylation sites is 1. The van der Waals surface area contributed by atoms with E-state index in [-0.39, 0.29) is 11.9 Å². The second-order valence-corrected chi connectivity index (χ2v) is 7.40. The Bertz CT molecular complexity index is 853. The van der Waals surface area contributed by atoms with Crippen LogP contribution in [0.5, 0.6) is 0 Å². The average Bonchev–Trinajstić information content (AvgIpc) is 3.13. The zero-order chi connectivity index (χ0) is 19.1. The molecule has 0 aromatic heterocycles. The van der Waals surface area contributed by atoms with Gasteiger partial charge in [0.1, 0.15) is 5.82 Å². The van der Waals surface area contributed by atoms with Gasteiger partial charge in [-0.15, -0.1) is 0 Å². The van der Waals surface area contributed by atoms with E-state index in [1.165, 1.54) is 24.3 Å². The van der Waals surface area contributed by atoms with E-state index in [9.17, 15) is 14.0 Å². The van der Waals surface area contributed by atoms with Crippen molar-refractivity contribution < 1.29 is 18.8 Å². The number of hydrogen-bond donors (Lipinski definition) is 0. The van der Waals surface area contributed by atoms with E-state index >= 15 is 0 Å². The number of benzene rings is 2. The molecule has 4 rings (SSSR count). The standard InChI is InChI=1S/C21H21FN2O3/c1-13(2)12-17-18-19(27-24(17)16-6-4-3-5-7-16)21(26)23(20(18)25)15-10-8-14(22)9-11-15/h3-11,13,17-19H,12H2,1-2H3/t17-,18-,19-/m0/s1. The molecule has 6 heteroatoms. The van der Waals surface area contributed by atoms with E-state index in [1.54, 1.807) is 5.06 Å². The van der Waals surface area contributed by atoms with E-state index in [0.29, 0.717) is 18.0 Å². The van der Waals surface area contributed by atoms with Gasteiger partial charge in [0.25, 0.3) is 5.91 Å². The van der Waals surface area contributed by atoms with E-state index < -0.39 is 23.7 Å². The Balaban J connectivity index is 1.69. The van der Waals surface area contributed by atoms with Crippen molar-refractivity contribution in [3.8, 4) is 0 Å². The minimum Gasteiger partial charge on any atom is -0.273 e. The Kier molecular flexibility index (Phi) is 4.44. The molecule has 140 valence electrons. The molecule has 2 aromatic rings. The first-order chi connectivity index (χ1) is 13.0. The molecule has 0 spiro atoms. The largest absolute Gasteiger partial charge is 0.273 e. The number of amides is 2. The summed E-state index contributed by atoms with van der Waals surface area (Å²) < 4.78 is 13.2. The summed E-state index contributed by atoms with van der Waals surface area (Å²) in [6, 6.07) is 14.6. The van der Waals surface area contributed by atoms with Gasteiger partial charge in [0.15, 0.2) is 6.10 Å². The van der Waals surface area contributed by atoms with E-state index in [4.69, 9.17) is 4.84 Å². The molecule has 0 saturated carbocycles. The lowest BCUT2D eigenvalue weighted by Crippen LogP contribution is -2.41. The molecule has 2 heterocycles. The number of anilines is 2. The summed E-state index contributed by atoms with van der Waals surface area (Å²) in [4.78, 5) is 33.2. The average molecular weight is 368 g/mol. The lowest BCUT2D eigenvalue weighted by Gasteiger charge is -2.29. The molecule has 2 saturated heterocycles. The molecule has 2 aliphatic rings. The van der Waals surface area contributed by atoms with E-state index in [1.807, 2.05) is 30.3 Å². The maximum absolute atomic E-state index is 13.2. The summed E-state index contributed by atoms with van der Waals surface area (Å²) in [5, 5.41) is 1.72. The van der Waals surface area contributed by atoms with E-state index in [2.05, 4.69) is 13.8 Å². The van der Waals surface area contributed by atoms with Crippen molar-refractivity contribution in [2.45, 2.75) is 32.4 Å². The van der Waals surface area contributed by atoms with Crippen LogP contribution in [0.2, 0.25) is 0 Å². The first-order valence-corrected chi connectivity index (χ1v) is 9.12. The molecule has 3 atom stereocenters. The molecule has 2 fully saturated rings. The molecule has 2 amide bonds. The van der Waals surface area contributed by atoms with Crippen LogP contribution in [-0.2, 0) is 14.4 Å². The third-order valence-corrected chi connectivity index (χ3v) is 5.05. The maximum Gasteiger partial charge on any atom is 0.266 e. The first kappa shape index (κ1) is 17.7. The van der Waals surface area contributed by atoms with Crippen molar-refractivity contribution >= 4 is 23.2 Å². The van der Waals surface area contributed by atoms with Crippen LogP contribution in [0, 0.1) is 17.7 Å². The molecular weight excluding hydrogens is 347 g/mol.